The highest BCUT2D eigenvalue weighted by molar-refractivity contribution is 5.56. The first-order valence-corrected chi connectivity index (χ1v) is 7.90. The van der Waals surface area contributed by atoms with Crippen molar-refractivity contribution >= 4 is 5.69 Å². The van der Waals surface area contributed by atoms with Gasteiger partial charge in [0.25, 0.3) is 0 Å². The zero-order valence-corrected chi connectivity index (χ0v) is 14.0. The van der Waals surface area contributed by atoms with Crippen molar-refractivity contribution < 1.29 is 0 Å². The molecule has 0 saturated carbocycles. The summed E-state index contributed by atoms with van der Waals surface area (Å²) in [5.74, 6) is 0.988. The molecule has 3 aromatic rings. The summed E-state index contributed by atoms with van der Waals surface area (Å²) in [5.41, 5.74) is 10.4. The van der Waals surface area contributed by atoms with Crippen LogP contribution in [0.15, 0.2) is 60.9 Å². The number of benzene rings is 2. The van der Waals surface area contributed by atoms with E-state index in [0.717, 1.165) is 23.6 Å². The molecule has 0 saturated heterocycles. The second-order valence-electron chi connectivity index (χ2n) is 6.95. The zero-order chi connectivity index (χ0) is 16.4. The predicted octanol–water partition coefficient (Wildman–Crippen LogP) is 4.48. The topological polar surface area (TPSA) is 43.8 Å². The average molecular weight is 305 g/mol. The van der Waals surface area contributed by atoms with E-state index in [0.29, 0.717) is 0 Å². The Morgan fingerprint density at radius 2 is 1.61 bits per heavy atom. The lowest BCUT2D eigenvalue weighted by Crippen LogP contribution is -2.10. The van der Waals surface area contributed by atoms with Crippen molar-refractivity contribution in [2.45, 2.75) is 32.7 Å². The molecule has 0 amide bonds. The quantitative estimate of drug-likeness (QED) is 0.725. The summed E-state index contributed by atoms with van der Waals surface area (Å²) in [7, 11) is 0. The van der Waals surface area contributed by atoms with Gasteiger partial charge in [-0.15, -0.1) is 0 Å². The molecule has 3 nitrogen and oxygen atoms in total. The molecule has 1 aromatic heterocycles. The van der Waals surface area contributed by atoms with E-state index in [1.165, 1.54) is 11.1 Å². The van der Waals surface area contributed by atoms with Crippen molar-refractivity contribution in [2.24, 2.45) is 0 Å². The number of hydrogen-bond donors (Lipinski definition) is 1. The smallest absolute Gasteiger partial charge is 0.140 e. The van der Waals surface area contributed by atoms with E-state index < -0.39 is 0 Å². The van der Waals surface area contributed by atoms with E-state index in [4.69, 9.17) is 5.73 Å². The van der Waals surface area contributed by atoms with E-state index >= 15 is 0 Å². The largest absolute Gasteiger partial charge is 0.399 e. The SMILES string of the molecule is CC(C)(C)c1ccc(-c2nccn2Cc2ccc(N)cc2)cc1. The van der Waals surface area contributed by atoms with Crippen LogP contribution in [0.1, 0.15) is 31.9 Å². The summed E-state index contributed by atoms with van der Waals surface area (Å²) in [6, 6.07) is 16.7. The van der Waals surface area contributed by atoms with Crippen LogP contribution in [0.25, 0.3) is 11.4 Å². The Morgan fingerprint density at radius 3 is 2.22 bits per heavy atom. The highest BCUT2D eigenvalue weighted by atomic mass is 15.1. The van der Waals surface area contributed by atoms with Crippen molar-refractivity contribution in [1.82, 2.24) is 9.55 Å². The number of anilines is 1. The van der Waals surface area contributed by atoms with Crippen LogP contribution in [0.4, 0.5) is 5.69 Å². The normalized spacial score (nSPS) is 11.6. The van der Waals surface area contributed by atoms with Gasteiger partial charge in [0.1, 0.15) is 5.82 Å². The number of imidazole rings is 1. The van der Waals surface area contributed by atoms with Crippen LogP contribution >= 0.6 is 0 Å². The van der Waals surface area contributed by atoms with Gasteiger partial charge in [-0.25, -0.2) is 4.98 Å². The summed E-state index contributed by atoms with van der Waals surface area (Å²) in [5, 5.41) is 0. The van der Waals surface area contributed by atoms with Crippen LogP contribution in [0.3, 0.4) is 0 Å². The lowest BCUT2D eigenvalue weighted by atomic mass is 9.87. The van der Waals surface area contributed by atoms with E-state index in [1.54, 1.807) is 0 Å². The van der Waals surface area contributed by atoms with E-state index in [9.17, 15) is 0 Å². The summed E-state index contributed by atoms with van der Waals surface area (Å²) >= 11 is 0. The van der Waals surface area contributed by atoms with Gasteiger partial charge in [-0.2, -0.15) is 0 Å². The fraction of sp³-hybridized carbons (Fsp3) is 0.250. The number of nitrogen functional groups attached to an aromatic ring is 1. The second-order valence-corrected chi connectivity index (χ2v) is 6.95. The van der Waals surface area contributed by atoms with Gasteiger partial charge in [0.15, 0.2) is 0 Å². The van der Waals surface area contributed by atoms with Crippen molar-refractivity contribution in [1.29, 1.82) is 0 Å². The van der Waals surface area contributed by atoms with Gasteiger partial charge in [0.05, 0.1) is 0 Å². The lowest BCUT2D eigenvalue weighted by Gasteiger charge is -2.19. The van der Waals surface area contributed by atoms with Crippen molar-refractivity contribution in [3.8, 4) is 11.4 Å². The Morgan fingerprint density at radius 1 is 0.957 bits per heavy atom. The molecule has 0 bridgehead atoms. The number of hydrogen-bond acceptors (Lipinski definition) is 2. The van der Waals surface area contributed by atoms with Crippen molar-refractivity contribution in [3.63, 3.8) is 0 Å². The van der Waals surface area contributed by atoms with E-state index in [-0.39, 0.29) is 5.41 Å². The summed E-state index contributed by atoms with van der Waals surface area (Å²) in [4.78, 5) is 4.53. The van der Waals surface area contributed by atoms with Crippen molar-refractivity contribution in [3.05, 3.63) is 72.1 Å². The third-order valence-corrected chi connectivity index (χ3v) is 4.06. The molecule has 0 unspecified atom stereocenters. The third kappa shape index (κ3) is 3.45. The molecule has 0 fully saturated rings. The maximum Gasteiger partial charge on any atom is 0.140 e. The number of nitrogens with two attached hydrogens (primary N) is 1. The van der Waals surface area contributed by atoms with Gasteiger partial charge in [-0.05, 0) is 28.7 Å². The summed E-state index contributed by atoms with van der Waals surface area (Å²) < 4.78 is 2.16. The summed E-state index contributed by atoms with van der Waals surface area (Å²) in [6.45, 7) is 7.47. The Kier molecular flexibility index (Phi) is 3.95. The first kappa shape index (κ1) is 15.3. The first-order chi connectivity index (χ1) is 10.9. The van der Waals surface area contributed by atoms with Gasteiger partial charge >= 0.3 is 0 Å². The molecule has 1 heterocycles. The van der Waals surface area contributed by atoms with Gasteiger partial charge in [0, 0.05) is 30.2 Å². The third-order valence-electron chi connectivity index (χ3n) is 4.06. The van der Waals surface area contributed by atoms with Crippen LogP contribution in [0.2, 0.25) is 0 Å². The molecule has 3 heteroatoms. The van der Waals surface area contributed by atoms with Crippen molar-refractivity contribution in [2.75, 3.05) is 5.73 Å². The van der Waals surface area contributed by atoms with Gasteiger partial charge < -0.3 is 10.3 Å². The Balaban J connectivity index is 1.87. The Hall–Kier alpha value is -2.55. The van der Waals surface area contributed by atoms with Crippen LogP contribution in [-0.4, -0.2) is 9.55 Å². The molecule has 0 aliphatic rings. The van der Waals surface area contributed by atoms with Gasteiger partial charge in [0.2, 0.25) is 0 Å². The molecule has 118 valence electrons. The van der Waals surface area contributed by atoms with Crippen LogP contribution in [-0.2, 0) is 12.0 Å². The van der Waals surface area contributed by atoms with Gasteiger partial charge in [-0.3, -0.25) is 0 Å². The number of aromatic nitrogens is 2. The van der Waals surface area contributed by atoms with Crippen LogP contribution < -0.4 is 5.73 Å². The predicted molar refractivity (Wildman–Crippen MR) is 96.3 cm³/mol. The molecule has 2 aromatic carbocycles. The molecule has 0 spiro atoms. The van der Waals surface area contributed by atoms with E-state index in [2.05, 4.69) is 66.7 Å². The molecule has 3 rings (SSSR count). The van der Waals surface area contributed by atoms with Crippen LogP contribution in [0, 0.1) is 0 Å². The Labute approximate surface area is 137 Å². The zero-order valence-electron chi connectivity index (χ0n) is 14.0. The monoisotopic (exact) mass is 305 g/mol. The highest BCUT2D eigenvalue weighted by Crippen LogP contribution is 2.25. The number of nitrogens with zero attached hydrogens (tertiary/aromatic N) is 2. The molecule has 0 atom stereocenters. The minimum absolute atomic E-state index is 0.165. The summed E-state index contributed by atoms with van der Waals surface area (Å²) in [6.07, 6.45) is 3.87. The molecule has 2 N–H and O–H groups in total. The molecule has 0 aliphatic heterocycles. The Bertz CT molecular complexity index is 775. The second kappa shape index (κ2) is 5.92. The lowest BCUT2D eigenvalue weighted by molar-refractivity contribution is 0.590. The molecule has 23 heavy (non-hydrogen) atoms. The molecular formula is C20H23N3. The van der Waals surface area contributed by atoms with Gasteiger partial charge in [-0.1, -0.05) is 57.2 Å². The minimum atomic E-state index is 0.165. The number of rotatable bonds is 3. The standard InChI is InChI=1S/C20H23N3/c1-20(2,3)17-8-6-16(7-9-17)19-22-12-13-23(19)14-15-4-10-18(21)11-5-15/h4-13H,14,21H2,1-3H3. The van der Waals surface area contributed by atoms with Crippen LogP contribution in [0.5, 0.6) is 0 Å². The average Bonchev–Trinajstić information content (AvgIpc) is 2.97. The maximum atomic E-state index is 5.75. The highest BCUT2D eigenvalue weighted by Gasteiger charge is 2.14. The maximum absolute atomic E-state index is 5.75. The fourth-order valence-corrected chi connectivity index (χ4v) is 2.64. The van der Waals surface area contributed by atoms with E-state index in [1.807, 2.05) is 24.5 Å². The minimum Gasteiger partial charge on any atom is -0.399 e. The molecule has 0 aliphatic carbocycles. The fourth-order valence-electron chi connectivity index (χ4n) is 2.64. The molecular weight excluding hydrogens is 282 g/mol. The first-order valence-electron chi connectivity index (χ1n) is 7.90. The molecule has 0 radical (unpaired) electrons.